The van der Waals surface area contributed by atoms with E-state index >= 15 is 0 Å². The van der Waals surface area contributed by atoms with Crippen LogP contribution in [0.25, 0.3) is 5.76 Å². The van der Waals surface area contributed by atoms with Gasteiger partial charge in [0.15, 0.2) is 11.5 Å². The normalized spacial score (nSPS) is 17.1. The second-order valence-electron chi connectivity index (χ2n) is 9.08. The van der Waals surface area contributed by atoms with Crippen molar-refractivity contribution in [2.75, 3.05) is 48.5 Å². The Bertz CT molecular complexity index is 1110. The van der Waals surface area contributed by atoms with E-state index in [0.29, 0.717) is 40.7 Å². The molecule has 0 spiro atoms. The lowest BCUT2D eigenvalue weighted by atomic mass is 9.94. The molecule has 2 aromatic carbocycles. The van der Waals surface area contributed by atoms with E-state index in [1.807, 2.05) is 27.9 Å². The lowest BCUT2D eigenvalue weighted by Gasteiger charge is -2.28. The number of carbonyl (C=O) groups excluding carboxylic acids is 2. The van der Waals surface area contributed by atoms with Crippen LogP contribution < -0.4 is 29.0 Å². The largest absolute Gasteiger partial charge is 0.872 e. The summed E-state index contributed by atoms with van der Waals surface area (Å²) in [5.74, 6) is -0.330. The molecule has 9 heteroatoms. The molecule has 1 saturated heterocycles. The fourth-order valence-electron chi connectivity index (χ4n) is 4.16. The molecule has 0 radical (unpaired) electrons. The molecule has 1 N–H and O–H groups in total. The molecular formula is C27H34N2O7. The highest BCUT2D eigenvalue weighted by Crippen LogP contribution is 2.45. The first-order valence-electron chi connectivity index (χ1n) is 11.7. The number of Topliss-reactive ketones (excluding diaryl/α,β-unsaturated/α-hetero) is 1. The predicted octanol–water partition coefficient (Wildman–Crippen LogP) is 0.868. The van der Waals surface area contributed by atoms with Gasteiger partial charge in [0.1, 0.15) is 5.75 Å². The van der Waals surface area contributed by atoms with Crippen LogP contribution in [0.3, 0.4) is 0 Å². The molecule has 3 rings (SSSR count). The van der Waals surface area contributed by atoms with Crippen LogP contribution in [0.5, 0.6) is 23.0 Å². The van der Waals surface area contributed by atoms with Gasteiger partial charge in [0.05, 0.1) is 60.7 Å². The van der Waals surface area contributed by atoms with Crippen LogP contribution >= 0.6 is 0 Å². The van der Waals surface area contributed by atoms with Crippen molar-refractivity contribution in [3.8, 4) is 23.0 Å². The molecule has 0 bridgehead atoms. The Hall–Kier alpha value is -3.72. The first-order chi connectivity index (χ1) is 17.1. The lowest BCUT2D eigenvalue weighted by Crippen LogP contribution is -3.06. The number of rotatable bonds is 10. The molecule has 1 unspecified atom stereocenters. The topological polar surface area (TPSA) is 102 Å². The van der Waals surface area contributed by atoms with Crippen molar-refractivity contribution >= 4 is 17.4 Å². The van der Waals surface area contributed by atoms with Crippen molar-refractivity contribution < 1.29 is 38.5 Å². The Kier molecular flexibility index (Phi) is 8.47. The molecule has 36 heavy (non-hydrogen) atoms. The first-order valence-corrected chi connectivity index (χ1v) is 11.7. The zero-order chi connectivity index (χ0) is 26.6. The molecule has 1 aliphatic rings. The summed E-state index contributed by atoms with van der Waals surface area (Å²) in [6, 6.07) is 8.98. The van der Waals surface area contributed by atoms with E-state index in [4.69, 9.17) is 18.9 Å². The monoisotopic (exact) mass is 498 g/mol. The van der Waals surface area contributed by atoms with Gasteiger partial charge in [-0.1, -0.05) is 17.9 Å². The summed E-state index contributed by atoms with van der Waals surface area (Å²) in [5, 5.41) is 13.7. The number of nitrogens with one attached hydrogen (secondary N) is 1. The van der Waals surface area contributed by atoms with Crippen molar-refractivity contribution in [3.05, 3.63) is 53.1 Å². The summed E-state index contributed by atoms with van der Waals surface area (Å²) in [6.45, 7) is 4.68. The van der Waals surface area contributed by atoms with Crippen LogP contribution in [0.15, 0.2) is 42.0 Å². The Morgan fingerprint density at radius 1 is 1.00 bits per heavy atom. The highest BCUT2D eigenvalue weighted by Gasteiger charge is 2.45. The molecule has 2 aromatic rings. The fourth-order valence-corrected chi connectivity index (χ4v) is 4.16. The maximum absolute atomic E-state index is 13.7. The summed E-state index contributed by atoms with van der Waals surface area (Å²) in [7, 11) is 8.36. The van der Waals surface area contributed by atoms with Gasteiger partial charge in [0.2, 0.25) is 11.5 Å². The highest BCUT2D eigenvalue weighted by molar-refractivity contribution is 6.46. The van der Waals surface area contributed by atoms with Crippen LogP contribution in [0, 0.1) is 0 Å². The van der Waals surface area contributed by atoms with Gasteiger partial charge in [-0.05, 0) is 49.2 Å². The maximum atomic E-state index is 13.7. The summed E-state index contributed by atoms with van der Waals surface area (Å²) < 4.78 is 22.0. The summed E-state index contributed by atoms with van der Waals surface area (Å²) in [5.41, 5.74) is 0.695. The summed E-state index contributed by atoms with van der Waals surface area (Å²) in [6.07, 6.45) is -0.0215. The predicted molar refractivity (Wildman–Crippen MR) is 132 cm³/mol. The van der Waals surface area contributed by atoms with E-state index in [1.165, 1.54) is 26.2 Å². The second-order valence-corrected chi connectivity index (χ2v) is 9.08. The maximum Gasteiger partial charge on any atom is 0.295 e. The zero-order valence-corrected chi connectivity index (χ0v) is 21.8. The first kappa shape index (κ1) is 26.9. The third-order valence-corrected chi connectivity index (χ3v) is 5.87. The van der Waals surface area contributed by atoms with Gasteiger partial charge in [0, 0.05) is 5.57 Å². The zero-order valence-electron chi connectivity index (χ0n) is 21.8. The highest BCUT2D eigenvalue weighted by atomic mass is 16.5. The van der Waals surface area contributed by atoms with Crippen molar-refractivity contribution in [2.45, 2.75) is 26.0 Å². The molecule has 1 atom stereocenters. The number of benzene rings is 2. The Morgan fingerprint density at radius 2 is 1.58 bits per heavy atom. The Morgan fingerprint density at radius 3 is 2.06 bits per heavy atom. The van der Waals surface area contributed by atoms with E-state index in [0.717, 1.165) is 4.90 Å². The van der Waals surface area contributed by atoms with Gasteiger partial charge in [-0.15, -0.1) is 0 Å². The number of carbonyl (C=O) groups is 2. The van der Waals surface area contributed by atoms with E-state index < -0.39 is 23.5 Å². The molecule has 194 valence electrons. The fraction of sp³-hybridized carbons (Fsp3) is 0.407. The molecule has 1 heterocycles. The molecule has 0 saturated carbocycles. The lowest BCUT2D eigenvalue weighted by molar-refractivity contribution is -0.857. The number of hydrogen-bond donors (Lipinski definition) is 1. The van der Waals surface area contributed by atoms with E-state index in [1.54, 1.807) is 36.4 Å². The Balaban J connectivity index is 2.19. The second kappa shape index (κ2) is 11.3. The van der Waals surface area contributed by atoms with Gasteiger partial charge in [0.25, 0.3) is 5.91 Å². The van der Waals surface area contributed by atoms with Crippen LogP contribution in [-0.4, -0.2) is 71.2 Å². The number of ketones is 1. The Labute approximate surface area is 211 Å². The SMILES string of the molecule is COc1cc(C2C(=C([O-])c3ccc(OC(C)C)cc3)C(=O)C(=O)N2CC[NH+](C)C)cc(OC)c1OC. The van der Waals surface area contributed by atoms with Crippen molar-refractivity contribution in [1.82, 2.24) is 4.90 Å². The standard InChI is InChI=1S/C27H34N2O7/c1-16(2)36-19-10-8-17(9-11-19)24(30)22-23(29(13-12-28(3)4)27(32)25(22)31)18-14-20(33-5)26(35-7)21(15-18)34-6/h8-11,14-16,23,30H,12-13H2,1-7H3. The number of ether oxygens (including phenoxy) is 4. The number of quaternary nitrogens is 1. The number of methoxy groups -OCH3 is 3. The quantitative estimate of drug-likeness (QED) is 0.295. The van der Waals surface area contributed by atoms with Crippen molar-refractivity contribution in [3.63, 3.8) is 0 Å². The van der Waals surface area contributed by atoms with Crippen molar-refractivity contribution in [1.29, 1.82) is 0 Å². The van der Waals surface area contributed by atoms with Gasteiger partial charge in [-0.25, -0.2) is 0 Å². The minimum absolute atomic E-state index is 0.0215. The minimum Gasteiger partial charge on any atom is -0.872 e. The summed E-state index contributed by atoms with van der Waals surface area (Å²) >= 11 is 0. The van der Waals surface area contributed by atoms with Crippen LogP contribution in [-0.2, 0) is 9.59 Å². The molecule has 1 amide bonds. The van der Waals surface area contributed by atoms with E-state index in [2.05, 4.69) is 0 Å². The average Bonchev–Trinajstić information content (AvgIpc) is 3.10. The molecule has 0 aromatic heterocycles. The van der Waals surface area contributed by atoms with Crippen LogP contribution in [0.2, 0.25) is 0 Å². The average molecular weight is 499 g/mol. The third-order valence-electron chi connectivity index (χ3n) is 5.87. The number of hydrogen-bond acceptors (Lipinski definition) is 7. The molecule has 9 nitrogen and oxygen atoms in total. The van der Waals surface area contributed by atoms with Gasteiger partial charge >= 0.3 is 0 Å². The minimum atomic E-state index is -0.905. The summed E-state index contributed by atoms with van der Waals surface area (Å²) in [4.78, 5) is 28.9. The van der Waals surface area contributed by atoms with Gasteiger partial charge in [-0.2, -0.15) is 0 Å². The number of amides is 1. The molecule has 0 aliphatic carbocycles. The van der Waals surface area contributed by atoms with Crippen LogP contribution in [0.1, 0.15) is 31.0 Å². The van der Waals surface area contributed by atoms with Gasteiger partial charge < -0.3 is 33.9 Å². The third kappa shape index (κ3) is 5.41. The smallest absolute Gasteiger partial charge is 0.295 e. The van der Waals surface area contributed by atoms with Crippen LogP contribution in [0.4, 0.5) is 0 Å². The molecule has 1 fully saturated rings. The van der Waals surface area contributed by atoms with E-state index in [-0.39, 0.29) is 18.2 Å². The number of likely N-dealkylation sites (tertiary alicyclic amines) is 1. The molecular weight excluding hydrogens is 464 g/mol. The number of nitrogens with zero attached hydrogens (tertiary/aromatic N) is 1. The van der Waals surface area contributed by atoms with Crippen molar-refractivity contribution in [2.24, 2.45) is 0 Å². The van der Waals surface area contributed by atoms with Gasteiger partial charge in [-0.3, -0.25) is 9.59 Å². The van der Waals surface area contributed by atoms with E-state index in [9.17, 15) is 14.7 Å². The molecule has 1 aliphatic heterocycles. The number of likely N-dealkylation sites (N-methyl/N-ethyl adjacent to an activating group) is 1.